The van der Waals surface area contributed by atoms with E-state index in [-0.39, 0.29) is 6.04 Å². The lowest BCUT2D eigenvalue weighted by Gasteiger charge is -2.18. The van der Waals surface area contributed by atoms with Gasteiger partial charge in [-0.15, -0.1) is 11.8 Å². The van der Waals surface area contributed by atoms with Crippen molar-refractivity contribution in [3.05, 3.63) is 41.7 Å². The second-order valence-electron chi connectivity index (χ2n) is 4.24. The fraction of sp³-hybridized carbons (Fsp3) is 0.385. The Balaban J connectivity index is 1.75. The van der Waals surface area contributed by atoms with Crippen LogP contribution in [0.25, 0.3) is 0 Å². The number of ether oxygens (including phenoxy) is 1. The van der Waals surface area contributed by atoms with E-state index >= 15 is 0 Å². The summed E-state index contributed by atoms with van der Waals surface area (Å²) >= 11 is 1.89. The van der Waals surface area contributed by atoms with Crippen LogP contribution >= 0.6 is 11.8 Å². The third-order valence-corrected chi connectivity index (χ3v) is 4.55. The van der Waals surface area contributed by atoms with Crippen LogP contribution in [-0.4, -0.2) is 17.9 Å². The van der Waals surface area contributed by atoms with Crippen molar-refractivity contribution in [1.82, 2.24) is 0 Å². The standard InChI is InChI=1S/C13H15NOS/c14-13(10-5-3-7-15-10)12-8-9-4-1-2-6-11(9)16-12/h1-2,4-6,12-13H,3,7-8,14H2. The van der Waals surface area contributed by atoms with Gasteiger partial charge in [0.1, 0.15) is 5.76 Å². The minimum atomic E-state index is 0.0416. The van der Waals surface area contributed by atoms with E-state index in [0.717, 1.165) is 25.2 Å². The van der Waals surface area contributed by atoms with Crippen LogP contribution in [-0.2, 0) is 11.2 Å². The first-order chi connectivity index (χ1) is 7.84. The summed E-state index contributed by atoms with van der Waals surface area (Å²) in [5, 5.41) is 0.432. The molecule has 2 N–H and O–H groups in total. The molecule has 3 heteroatoms. The normalized spacial score (nSPS) is 24.8. The minimum absolute atomic E-state index is 0.0416. The molecule has 2 nitrogen and oxygen atoms in total. The van der Waals surface area contributed by atoms with Gasteiger partial charge in [-0.2, -0.15) is 0 Å². The topological polar surface area (TPSA) is 35.2 Å². The summed E-state index contributed by atoms with van der Waals surface area (Å²) in [6.45, 7) is 0.799. The molecule has 2 aliphatic rings. The minimum Gasteiger partial charge on any atom is -0.496 e. The maximum absolute atomic E-state index is 6.25. The van der Waals surface area contributed by atoms with Crippen molar-refractivity contribution >= 4 is 11.8 Å². The zero-order chi connectivity index (χ0) is 11.0. The first-order valence-electron chi connectivity index (χ1n) is 5.67. The predicted octanol–water partition coefficient (Wildman–Crippen LogP) is 2.33. The van der Waals surface area contributed by atoms with Crippen LogP contribution < -0.4 is 5.73 Å². The van der Waals surface area contributed by atoms with Crippen molar-refractivity contribution in [2.45, 2.75) is 29.0 Å². The molecular weight excluding hydrogens is 218 g/mol. The summed E-state index contributed by atoms with van der Waals surface area (Å²) in [5.74, 6) is 0.991. The molecule has 0 amide bonds. The van der Waals surface area contributed by atoms with Gasteiger partial charge in [-0.3, -0.25) is 0 Å². The Morgan fingerprint density at radius 3 is 3.00 bits per heavy atom. The van der Waals surface area contributed by atoms with E-state index in [1.54, 1.807) is 0 Å². The molecule has 0 saturated carbocycles. The van der Waals surface area contributed by atoms with Crippen LogP contribution in [0, 0.1) is 0 Å². The third kappa shape index (κ3) is 1.74. The van der Waals surface area contributed by atoms with Gasteiger partial charge >= 0.3 is 0 Å². The van der Waals surface area contributed by atoms with E-state index in [0.29, 0.717) is 5.25 Å². The zero-order valence-electron chi connectivity index (χ0n) is 9.06. The molecule has 1 aromatic rings. The Morgan fingerprint density at radius 2 is 2.25 bits per heavy atom. The second-order valence-corrected chi connectivity index (χ2v) is 5.52. The molecule has 0 saturated heterocycles. The van der Waals surface area contributed by atoms with Gasteiger partial charge in [0.25, 0.3) is 0 Å². The molecule has 0 aromatic heterocycles. The van der Waals surface area contributed by atoms with E-state index < -0.39 is 0 Å². The number of fused-ring (bicyclic) bond motifs is 1. The molecule has 0 radical (unpaired) electrons. The van der Waals surface area contributed by atoms with Crippen LogP contribution in [0.4, 0.5) is 0 Å². The van der Waals surface area contributed by atoms with Gasteiger partial charge in [-0.05, 0) is 24.1 Å². The summed E-state index contributed by atoms with van der Waals surface area (Å²) in [6.07, 6.45) is 4.20. The maximum atomic E-state index is 6.25. The van der Waals surface area contributed by atoms with Gasteiger partial charge in [0.05, 0.1) is 12.6 Å². The van der Waals surface area contributed by atoms with E-state index in [1.807, 2.05) is 11.8 Å². The monoisotopic (exact) mass is 233 g/mol. The Hall–Kier alpha value is -0.930. The van der Waals surface area contributed by atoms with Crippen molar-refractivity contribution in [3.8, 4) is 0 Å². The van der Waals surface area contributed by atoms with Gasteiger partial charge in [0.15, 0.2) is 0 Å². The Bertz CT molecular complexity index is 405. The zero-order valence-corrected chi connectivity index (χ0v) is 9.87. The van der Waals surface area contributed by atoms with Crippen molar-refractivity contribution < 1.29 is 4.74 Å². The van der Waals surface area contributed by atoms with Gasteiger partial charge in [0, 0.05) is 16.6 Å². The summed E-state index contributed by atoms with van der Waals surface area (Å²) < 4.78 is 5.55. The SMILES string of the molecule is NC(C1=CCCO1)C1Cc2ccccc2S1. The molecule has 2 heterocycles. The van der Waals surface area contributed by atoms with Crippen molar-refractivity contribution in [3.63, 3.8) is 0 Å². The van der Waals surface area contributed by atoms with Gasteiger partial charge in [-0.1, -0.05) is 18.2 Å². The summed E-state index contributed by atoms with van der Waals surface area (Å²) in [7, 11) is 0. The molecule has 0 fully saturated rings. The van der Waals surface area contributed by atoms with Crippen LogP contribution in [0.15, 0.2) is 41.0 Å². The third-order valence-electron chi connectivity index (χ3n) is 3.13. The maximum Gasteiger partial charge on any atom is 0.110 e. The Labute approximate surface area is 99.9 Å². The highest BCUT2D eigenvalue weighted by Crippen LogP contribution is 2.39. The lowest BCUT2D eigenvalue weighted by atomic mass is 10.0. The largest absolute Gasteiger partial charge is 0.496 e. The first kappa shape index (κ1) is 10.2. The fourth-order valence-corrected chi connectivity index (χ4v) is 3.59. The molecule has 2 atom stereocenters. The summed E-state index contributed by atoms with van der Waals surface area (Å²) in [4.78, 5) is 1.38. The molecule has 16 heavy (non-hydrogen) atoms. The van der Waals surface area contributed by atoms with E-state index in [9.17, 15) is 0 Å². The highest BCUT2D eigenvalue weighted by molar-refractivity contribution is 8.00. The number of benzene rings is 1. The molecule has 3 rings (SSSR count). The van der Waals surface area contributed by atoms with Crippen LogP contribution in [0.2, 0.25) is 0 Å². The van der Waals surface area contributed by atoms with Crippen LogP contribution in [0.3, 0.4) is 0 Å². The first-order valence-corrected chi connectivity index (χ1v) is 6.55. The molecule has 0 spiro atoms. The number of rotatable bonds is 2. The highest BCUT2D eigenvalue weighted by atomic mass is 32.2. The Kier molecular flexibility index (Phi) is 2.65. The lowest BCUT2D eigenvalue weighted by Crippen LogP contribution is -2.34. The molecule has 0 aliphatic carbocycles. The predicted molar refractivity (Wildman–Crippen MR) is 66.4 cm³/mol. The molecule has 1 aromatic carbocycles. The average molecular weight is 233 g/mol. The second kappa shape index (κ2) is 4.15. The van der Waals surface area contributed by atoms with E-state index in [2.05, 4.69) is 30.3 Å². The number of nitrogens with two attached hydrogens (primary N) is 1. The molecular formula is C13H15NOS. The van der Waals surface area contributed by atoms with Crippen molar-refractivity contribution in [2.75, 3.05) is 6.61 Å². The summed E-state index contributed by atoms with van der Waals surface area (Å²) in [5.41, 5.74) is 7.67. The fourth-order valence-electron chi connectivity index (χ4n) is 2.26. The summed E-state index contributed by atoms with van der Waals surface area (Å²) in [6, 6.07) is 8.60. The average Bonchev–Trinajstić information content (AvgIpc) is 2.97. The van der Waals surface area contributed by atoms with E-state index in [4.69, 9.17) is 10.5 Å². The van der Waals surface area contributed by atoms with Crippen molar-refractivity contribution in [1.29, 1.82) is 0 Å². The molecule has 84 valence electrons. The molecule has 2 unspecified atom stereocenters. The molecule has 0 bridgehead atoms. The Morgan fingerprint density at radius 1 is 1.38 bits per heavy atom. The molecule has 2 aliphatic heterocycles. The van der Waals surface area contributed by atoms with Crippen molar-refractivity contribution in [2.24, 2.45) is 5.73 Å². The van der Waals surface area contributed by atoms with Gasteiger partial charge in [-0.25, -0.2) is 0 Å². The van der Waals surface area contributed by atoms with E-state index in [1.165, 1.54) is 10.5 Å². The highest BCUT2D eigenvalue weighted by Gasteiger charge is 2.30. The van der Waals surface area contributed by atoms with Gasteiger partial charge in [0.2, 0.25) is 0 Å². The van der Waals surface area contributed by atoms with Gasteiger partial charge < -0.3 is 10.5 Å². The van der Waals surface area contributed by atoms with Crippen LogP contribution in [0.5, 0.6) is 0 Å². The quantitative estimate of drug-likeness (QED) is 0.851. The number of hydrogen-bond donors (Lipinski definition) is 1. The van der Waals surface area contributed by atoms with Crippen LogP contribution in [0.1, 0.15) is 12.0 Å². The smallest absolute Gasteiger partial charge is 0.110 e. The lowest BCUT2D eigenvalue weighted by molar-refractivity contribution is 0.224. The number of hydrogen-bond acceptors (Lipinski definition) is 3. The number of thioether (sulfide) groups is 1.